The predicted octanol–water partition coefficient (Wildman–Crippen LogP) is 2.51. The Hall–Kier alpha value is -1.07. The maximum atomic E-state index is 12.3. The van der Waals surface area contributed by atoms with E-state index >= 15 is 0 Å². The number of halogens is 1. The molecule has 1 aromatic rings. The zero-order valence-corrected chi connectivity index (χ0v) is 14.0. The molecule has 0 saturated carbocycles. The number of carbonyl (C=O) groups is 1. The summed E-state index contributed by atoms with van der Waals surface area (Å²) < 4.78 is 6.44. The molecule has 1 aromatic carbocycles. The first-order valence-electron chi connectivity index (χ1n) is 6.69. The number of carbonyl (C=O) groups excluding carboxylic acids is 1. The molecule has 0 spiro atoms. The second-order valence-electron chi connectivity index (χ2n) is 5.66. The molecule has 5 heteroatoms. The van der Waals surface area contributed by atoms with Crippen LogP contribution in [0.15, 0.2) is 22.7 Å². The molecule has 0 radical (unpaired) electrons. The molecule has 0 unspecified atom stereocenters. The summed E-state index contributed by atoms with van der Waals surface area (Å²) in [5.74, 6) is 1.02. The second kappa shape index (κ2) is 5.74. The number of benzene rings is 1. The topological polar surface area (TPSA) is 32.8 Å². The molecule has 110 valence electrons. The minimum Gasteiger partial charge on any atom is -0.496 e. The van der Waals surface area contributed by atoms with Crippen LogP contribution in [0.5, 0.6) is 5.75 Å². The fraction of sp³-hybridized carbons (Fsp3) is 0.533. The number of amides is 1. The highest BCUT2D eigenvalue weighted by Crippen LogP contribution is 2.29. The van der Waals surface area contributed by atoms with Crippen molar-refractivity contribution in [3.8, 4) is 5.75 Å². The summed E-state index contributed by atoms with van der Waals surface area (Å²) >= 11 is 3.49. The van der Waals surface area contributed by atoms with E-state index in [1.165, 1.54) is 0 Å². The molecule has 1 heterocycles. The quantitative estimate of drug-likeness (QED) is 0.847. The van der Waals surface area contributed by atoms with Crippen LogP contribution in [-0.4, -0.2) is 48.5 Å². The van der Waals surface area contributed by atoms with Crippen LogP contribution in [0.3, 0.4) is 0 Å². The van der Waals surface area contributed by atoms with E-state index < -0.39 is 5.54 Å². The van der Waals surface area contributed by atoms with Gasteiger partial charge in [-0.05, 0) is 32.0 Å². The van der Waals surface area contributed by atoms with E-state index in [2.05, 4.69) is 26.9 Å². The molecule has 0 aliphatic carbocycles. The Balaban J connectivity index is 2.25. The molecule has 1 saturated heterocycles. The monoisotopic (exact) mass is 340 g/mol. The Morgan fingerprint density at radius 3 is 2.70 bits per heavy atom. The third-order valence-electron chi connectivity index (χ3n) is 3.97. The number of rotatable bonds is 3. The van der Waals surface area contributed by atoms with Crippen LogP contribution in [0.2, 0.25) is 0 Å². The maximum absolute atomic E-state index is 12.3. The van der Waals surface area contributed by atoms with E-state index in [-0.39, 0.29) is 5.91 Å². The van der Waals surface area contributed by atoms with Crippen LogP contribution in [0, 0.1) is 0 Å². The molecule has 0 bridgehead atoms. The van der Waals surface area contributed by atoms with Crippen LogP contribution < -0.4 is 4.74 Å². The Kier molecular flexibility index (Phi) is 4.39. The molecule has 0 N–H and O–H groups in total. The average Bonchev–Trinajstić information content (AvgIpc) is 2.40. The van der Waals surface area contributed by atoms with Crippen LogP contribution in [0.4, 0.5) is 0 Å². The van der Waals surface area contributed by atoms with Crippen molar-refractivity contribution < 1.29 is 9.53 Å². The lowest BCUT2D eigenvalue weighted by molar-refractivity contribution is -0.147. The van der Waals surface area contributed by atoms with Crippen molar-refractivity contribution in [2.24, 2.45) is 0 Å². The second-order valence-corrected chi connectivity index (χ2v) is 6.58. The number of ether oxygens (including phenoxy) is 1. The van der Waals surface area contributed by atoms with Gasteiger partial charge in [0.1, 0.15) is 5.75 Å². The minimum atomic E-state index is -0.486. The first-order valence-corrected chi connectivity index (χ1v) is 7.48. The van der Waals surface area contributed by atoms with Crippen molar-refractivity contribution in [2.45, 2.75) is 25.9 Å². The van der Waals surface area contributed by atoms with Crippen molar-refractivity contribution in [3.63, 3.8) is 0 Å². The van der Waals surface area contributed by atoms with Crippen LogP contribution in [0.25, 0.3) is 0 Å². The van der Waals surface area contributed by atoms with E-state index in [0.717, 1.165) is 28.9 Å². The molecular formula is C15H21BrN2O2. The van der Waals surface area contributed by atoms with E-state index in [9.17, 15) is 4.79 Å². The Labute approximate surface area is 128 Å². The molecular weight excluding hydrogens is 320 g/mol. The number of nitrogens with zero attached hydrogens (tertiary/aromatic N) is 2. The van der Waals surface area contributed by atoms with Gasteiger partial charge in [-0.15, -0.1) is 0 Å². The number of likely N-dealkylation sites (N-methyl/N-ethyl adjacent to an activating group) is 1. The van der Waals surface area contributed by atoms with E-state index in [1.54, 1.807) is 12.0 Å². The number of methoxy groups -OCH3 is 1. The van der Waals surface area contributed by atoms with Crippen LogP contribution >= 0.6 is 15.9 Å². The molecule has 0 atom stereocenters. The van der Waals surface area contributed by atoms with Gasteiger partial charge in [0, 0.05) is 36.7 Å². The summed E-state index contributed by atoms with van der Waals surface area (Å²) in [6, 6.07) is 5.96. The fourth-order valence-electron chi connectivity index (χ4n) is 2.61. The van der Waals surface area contributed by atoms with Crippen molar-refractivity contribution >= 4 is 21.8 Å². The first-order chi connectivity index (χ1) is 9.36. The molecule has 2 rings (SSSR count). The minimum absolute atomic E-state index is 0.165. The lowest BCUT2D eigenvalue weighted by atomic mass is 9.97. The standard InChI is InChI=1S/C15H21BrN2O2/c1-15(2)14(19)17(3)7-8-18(15)10-11-9-12(16)5-6-13(11)20-4/h5-6,9H,7-8,10H2,1-4H3. The highest BCUT2D eigenvalue weighted by molar-refractivity contribution is 9.10. The van der Waals surface area contributed by atoms with Gasteiger partial charge in [-0.25, -0.2) is 0 Å². The Morgan fingerprint density at radius 1 is 1.35 bits per heavy atom. The number of hydrogen-bond donors (Lipinski definition) is 0. The maximum Gasteiger partial charge on any atom is 0.242 e. The smallest absolute Gasteiger partial charge is 0.242 e. The summed E-state index contributed by atoms with van der Waals surface area (Å²) in [5, 5.41) is 0. The molecule has 0 aromatic heterocycles. The van der Waals surface area contributed by atoms with Crippen molar-refractivity contribution in [3.05, 3.63) is 28.2 Å². The highest BCUT2D eigenvalue weighted by atomic mass is 79.9. The molecule has 4 nitrogen and oxygen atoms in total. The largest absolute Gasteiger partial charge is 0.496 e. The summed E-state index contributed by atoms with van der Waals surface area (Å²) in [6.07, 6.45) is 0. The third kappa shape index (κ3) is 2.83. The normalized spacial score (nSPS) is 19.2. The SMILES string of the molecule is COc1ccc(Br)cc1CN1CCN(C)C(=O)C1(C)C. The average molecular weight is 341 g/mol. The summed E-state index contributed by atoms with van der Waals surface area (Å²) in [4.78, 5) is 16.3. The number of hydrogen-bond acceptors (Lipinski definition) is 3. The van der Waals surface area contributed by atoms with Crippen molar-refractivity contribution in [1.82, 2.24) is 9.80 Å². The lowest BCUT2D eigenvalue weighted by Gasteiger charge is -2.44. The van der Waals surface area contributed by atoms with Gasteiger partial charge in [-0.2, -0.15) is 0 Å². The van der Waals surface area contributed by atoms with Crippen molar-refractivity contribution in [1.29, 1.82) is 0 Å². The van der Waals surface area contributed by atoms with Gasteiger partial charge in [0.2, 0.25) is 5.91 Å². The van der Waals surface area contributed by atoms with Gasteiger partial charge in [-0.1, -0.05) is 15.9 Å². The van der Waals surface area contributed by atoms with Gasteiger partial charge in [-0.3, -0.25) is 9.69 Å². The Morgan fingerprint density at radius 2 is 2.05 bits per heavy atom. The molecule has 20 heavy (non-hydrogen) atoms. The zero-order chi connectivity index (χ0) is 14.9. The summed E-state index contributed by atoms with van der Waals surface area (Å²) in [7, 11) is 3.54. The van der Waals surface area contributed by atoms with Crippen molar-refractivity contribution in [2.75, 3.05) is 27.2 Å². The van der Waals surface area contributed by atoms with Gasteiger partial charge in [0.05, 0.1) is 12.6 Å². The van der Waals surface area contributed by atoms with E-state index in [4.69, 9.17) is 4.74 Å². The molecule has 1 amide bonds. The number of piperazine rings is 1. The molecule has 1 aliphatic rings. The van der Waals surface area contributed by atoms with Crippen LogP contribution in [0.1, 0.15) is 19.4 Å². The molecule has 1 aliphatic heterocycles. The fourth-order valence-corrected chi connectivity index (χ4v) is 3.02. The predicted molar refractivity (Wildman–Crippen MR) is 82.8 cm³/mol. The Bertz CT molecular complexity index is 517. The van der Waals surface area contributed by atoms with Gasteiger partial charge >= 0.3 is 0 Å². The lowest BCUT2D eigenvalue weighted by Crippen LogP contribution is -2.61. The van der Waals surface area contributed by atoms with Crippen LogP contribution in [-0.2, 0) is 11.3 Å². The first kappa shape index (κ1) is 15.3. The summed E-state index contributed by atoms with van der Waals surface area (Å²) in [6.45, 7) is 6.30. The van der Waals surface area contributed by atoms with E-state index in [0.29, 0.717) is 6.54 Å². The summed E-state index contributed by atoms with van der Waals surface area (Å²) in [5.41, 5.74) is 0.604. The molecule has 1 fully saturated rings. The van der Waals surface area contributed by atoms with Gasteiger partial charge < -0.3 is 9.64 Å². The van der Waals surface area contributed by atoms with Gasteiger partial charge in [0.15, 0.2) is 0 Å². The third-order valence-corrected chi connectivity index (χ3v) is 4.46. The zero-order valence-electron chi connectivity index (χ0n) is 12.4. The van der Waals surface area contributed by atoms with E-state index in [1.807, 2.05) is 33.0 Å². The van der Waals surface area contributed by atoms with Gasteiger partial charge in [0.25, 0.3) is 0 Å². The highest BCUT2D eigenvalue weighted by Gasteiger charge is 2.40.